The molecule has 0 unspecified atom stereocenters. The molecule has 40 heavy (non-hydrogen) atoms. The maximum atomic E-state index is 12.5. The minimum atomic E-state index is -4.75. The highest BCUT2D eigenvalue weighted by Gasteiger charge is 2.31. The zero-order valence-corrected chi connectivity index (χ0v) is 22.6. The average Bonchev–Trinajstić information content (AvgIpc) is 3.55. The summed E-state index contributed by atoms with van der Waals surface area (Å²) in [4.78, 5) is 22.9. The van der Waals surface area contributed by atoms with Crippen molar-refractivity contribution in [3.05, 3.63) is 90.3 Å². The number of thiocarbonyl (C=S) groups is 1. The Kier molecular flexibility index (Phi) is 7.85. The van der Waals surface area contributed by atoms with E-state index in [1.807, 2.05) is 55.5 Å². The third-order valence-electron chi connectivity index (χ3n) is 5.80. The number of ether oxygens (including phenoxy) is 1. The van der Waals surface area contributed by atoms with Crippen LogP contribution in [0.4, 0.5) is 18.9 Å². The molecule has 1 N–H and O–H groups in total. The number of amidine groups is 1. The second kappa shape index (κ2) is 11.5. The fraction of sp³-hybridized carbons (Fsp3) is 0.148. The van der Waals surface area contributed by atoms with Gasteiger partial charge in [0.2, 0.25) is 5.91 Å². The number of thioether (sulfide) groups is 1. The lowest BCUT2D eigenvalue weighted by atomic mass is 10.1. The quantitative estimate of drug-likeness (QED) is 0.294. The van der Waals surface area contributed by atoms with E-state index in [0.29, 0.717) is 29.0 Å². The largest absolute Gasteiger partial charge is 0.573 e. The van der Waals surface area contributed by atoms with E-state index < -0.39 is 6.36 Å². The molecule has 1 aliphatic rings. The van der Waals surface area contributed by atoms with Gasteiger partial charge in [0, 0.05) is 12.1 Å². The number of hydrogen-bond acceptors (Lipinski definition) is 6. The van der Waals surface area contributed by atoms with E-state index in [-0.39, 0.29) is 16.8 Å². The Labute approximate surface area is 236 Å². The fourth-order valence-electron chi connectivity index (χ4n) is 3.89. The van der Waals surface area contributed by atoms with Crippen LogP contribution in [-0.4, -0.2) is 43.1 Å². The predicted octanol–water partition coefficient (Wildman–Crippen LogP) is 5.65. The van der Waals surface area contributed by atoms with Crippen LogP contribution in [0.2, 0.25) is 0 Å². The standard InChI is InChI=1S/C27H21F3N6O2S2/c1-17-4-2-3-5-22(17)36-23(37)15-40-26(36)33-25(39)31-14-18-6-8-19(9-7-18)24-32-16-35(34-24)20-10-12-21(13-11-20)38-27(28,29)30/h2-13,16H,14-15H2,1H3,(H,31,39)/b33-26-. The van der Waals surface area contributed by atoms with E-state index in [9.17, 15) is 18.0 Å². The van der Waals surface area contributed by atoms with Gasteiger partial charge in [0.1, 0.15) is 12.1 Å². The lowest BCUT2D eigenvalue weighted by Crippen LogP contribution is -2.31. The molecule has 1 amide bonds. The second-order valence-electron chi connectivity index (χ2n) is 8.61. The van der Waals surface area contributed by atoms with Crippen LogP contribution in [0.5, 0.6) is 5.75 Å². The minimum Gasteiger partial charge on any atom is -0.406 e. The zero-order valence-electron chi connectivity index (χ0n) is 20.9. The number of nitrogens with zero attached hydrogens (tertiary/aromatic N) is 5. The number of aromatic nitrogens is 3. The molecule has 8 nitrogen and oxygen atoms in total. The molecule has 1 aliphatic heterocycles. The Hall–Kier alpha value is -4.23. The number of aryl methyl sites for hydroxylation is 1. The number of alkyl halides is 3. The maximum Gasteiger partial charge on any atom is 0.573 e. The lowest BCUT2D eigenvalue weighted by molar-refractivity contribution is -0.274. The van der Waals surface area contributed by atoms with Gasteiger partial charge in [0.15, 0.2) is 16.1 Å². The lowest BCUT2D eigenvalue weighted by Gasteiger charge is -2.18. The molecule has 1 fully saturated rings. The number of carbonyl (C=O) groups excluding carboxylic acids is 1. The van der Waals surface area contributed by atoms with Crippen molar-refractivity contribution >= 4 is 45.9 Å². The molecule has 0 saturated carbocycles. The number of halogens is 3. The highest BCUT2D eigenvalue weighted by atomic mass is 32.2. The summed E-state index contributed by atoms with van der Waals surface area (Å²) in [6.45, 7) is 2.37. The highest BCUT2D eigenvalue weighted by molar-refractivity contribution is 8.15. The van der Waals surface area contributed by atoms with Crippen molar-refractivity contribution in [2.45, 2.75) is 19.8 Å². The first-order valence-corrected chi connectivity index (χ1v) is 13.3. The van der Waals surface area contributed by atoms with Gasteiger partial charge < -0.3 is 10.1 Å². The van der Waals surface area contributed by atoms with Crippen LogP contribution in [-0.2, 0) is 11.3 Å². The predicted molar refractivity (Wildman–Crippen MR) is 151 cm³/mol. The topological polar surface area (TPSA) is 84.6 Å². The van der Waals surface area contributed by atoms with Crippen LogP contribution >= 0.6 is 24.0 Å². The molecular weight excluding hydrogens is 561 g/mol. The molecule has 0 radical (unpaired) electrons. The number of rotatable bonds is 6. The van der Waals surface area contributed by atoms with Gasteiger partial charge in [-0.25, -0.2) is 9.67 Å². The van der Waals surface area contributed by atoms with Gasteiger partial charge in [0.05, 0.1) is 17.1 Å². The molecular formula is C27H21F3N6O2S2. The first kappa shape index (κ1) is 27.3. The molecule has 13 heteroatoms. The Morgan fingerprint density at radius 2 is 1.82 bits per heavy atom. The van der Waals surface area contributed by atoms with Crippen molar-refractivity contribution in [3.63, 3.8) is 0 Å². The van der Waals surface area contributed by atoms with E-state index in [0.717, 1.165) is 22.4 Å². The minimum absolute atomic E-state index is 0.0417. The second-order valence-corrected chi connectivity index (χ2v) is 9.94. The third kappa shape index (κ3) is 6.49. The zero-order chi connectivity index (χ0) is 28.3. The molecule has 4 aromatic rings. The molecule has 204 valence electrons. The molecule has 3 aromatic carbocycles. The van der Waals surface area contributed by atoms with Crippen molar-refractivity contribution in [1.82, 2.24) is 20.1 Å². The number of hydrogen-bond donors (Lipinski definition) is 1. The van der Waals surface area contributed by atoms with Crippen molar-refractivity contribution in [3.8, 4) is 22.8 Å². The maximum absolute atomic E-state index is 12.5. The van der Waals surface area contributed by atoms with E-state index in [2.05, 4.69) is 25.1 Å². The Bertz CT molecular complexity index is 1570. The summed E-state index contributed by atoms with van der Waals surface area (Å²) in [5.74, 6) is 0.403. The summed E-state index contributed by atoms with van der Waals surface area (Å²) in [6.07, 6.45) is -3.27. The molecule has 2 heterocycles. The third-order valence-corrected chi connectivity index (χ3v) is 6.96. The number of anilines is 1. The van der Waals surface area contributed by atoms with Crippen LogP contribution < -0.4 is 15.0 Å². The summed E-state index contributed by atoms with van der Waals surface area (Å²) < 4.78 is 42.5. The smallest absolute Gasteiger partial charge is 0.406 e. The number of nitrogens with one attached hydrogen (secondary N) is 1. The van der Waals surface area contributed by atoms with E-state index >= 15 is 0 Å². The van der Waals surface area contributed by atoms with E-state index in [4.69, 9.17) is 12.2 Å². The van der Waals surface area contributed by atoms with Gasteiger partial charge in [-0.05, 0) is 60.6 Å². The molecule has 5 rings (SSSR count). The average molecular weight is 583 g/mol. The van der Waals surface area contributed by atoms with Crippen molar-refractivity contribution < 1.29 is 22.7 Å². The summed E-state index contributed by atoms with van der Waals surface area (Å²) in [6, 6.07) is 20.5. The Balaban J connectivity index is 1.20. The molecule has 1 aromatic heterocycles. The molecule has 0 spiro atoms. The van der Waals surface area contributed by atoms with E-state index in [1.165, 1.54) is 47.0 Å². The number of aliphatic imine (C=N–C) groups is 1. The Morgan fingerprint density at radius 1 is 1.10 bits per heavy atom. The monoisotopic (exact) mass is 582 g/mol. The van der Waals surface area contributed by atoms with Crippen LogP contribution in [0.3, 0.4) is 0 Å². The van der Waals surface area contributed by atoms with Gasteiger partial charge in [-0.15, -0.1) is 18.3 Å². The Morgan fingerprint density at radius 3 is 2.52 bits per heavy atom. The molecule has 0 atom stereocenters. The highest BCUT2D eigenvalue weighted by Crippen LogP contribution is 2.29. The van der Waals surface area contributed by atoms with E-state index in [1.54, 1.807) is 4.90 Å². The van der Waals surface area contributed by atoms with Crippen LogP contribution in [0.15, 0.2) is 84.1 Å². The van der Waals surface area contributed by atoms with Crippen molar-refractivity contribution in [1.29, 1.82) is 0 Å². The number of benzene rings is 3. The molecule has 0 aliphatic carbocycles. The van der Waals surface area contributed by atoms with Gasteiger partial charge in [-0.3, -0.25) is 9.69 Å². The first-order valence-electron chi connectivity index (χ1n) is 11.9. The number of carbonyl (C=O) groups is 1. The van der Waals surface area contributed by atoms with Gasteiger partial charge in [0.25, 0.3) is 0 Å². The summed E-state index contributed by atoms with van der Waals surface area (Å²) in [5, 5.41) is 8.33. The summed E-state index contributed by atoms with van der Waals surface area (Å²) in [7, 11) is 0. The van der Waals surface area contributed by atoms with Gasteiger partial charge >= 0.3 is 6.36 Å². The first-order chi connectivity index (χ1) is 19.2. The van der Waals surface area contributed by atoms with Gasteiger partial charge in [-0.2, -0.15) is 4.99 Å². The van der Waals surface area contributed by atoms with Crippen LogP contribution in [0.25, 0.3) is 17.1 Å². The van der Waals surface area contributed by atoms with Crippen molar-refractivity contribution in [2.24, 2.45) is 4.99 Å². The molecule has 0 bridgehead atoms. The molecule has 1 saturated heterocycles. The summed E-state index contributed by atoms with van der Waals surface area (Å²) >= 11 is 6.76. The SMILES string of the molecule is Cc1ccccc1N1C(=O)CS/C1=N\C(=S)NCc1ccc(-c2ncn(-c3ccc(OC(F)(F)F)cc3)n2)cc1. The summed E-state index contributed by atoms with van der Waals surface area (Å²) in [5.41, 5.74) is 4.00. The number of para-hydroxylation sites is 1. The van der Waals surface area contributed by atoms with Crippen LogP contribution in [0, 0.1) is 6.92 Å². The van der Waals surface area contributed by atoms with Crippen LogP contribution in [0.1, 0.15) is 11.1 Å². The fourth-order valence-corrected chi connectivity index (χ4v) is 4.98. The normalized spacial score (nSPS) is 14.6. The number of amides is 1. The van der Waals surface area contributed by atoms with Crippen molar-refractivity contribution in [2.75, 3.05) is 10.7 Å². The van der Waals surface area contributed by atoms with Gasteiger partial charge in [-0.1, -0.05) is 54.2 Å².